The van der Waals surface area contributed by atoms with Crippen LogP contribution < -0.4 is 0 Å². The Morgan fingerprint density at radius 3 is 2.82 bits per heavy atom. The van der Waals surface area contributed by atoms with Crippen molar-refractivity contribution in [1.29, 1.82) is 0 Å². The zero-order chi connectivity index (χ0) is 12.4. The molecule has 3 nitrogen and oxygen atoms in total. The predicted octanol–water partition coefficient (Wildman–Crippen LogP) is 3.70. The topological polar surface area (TPSA) is 50.2 Å². The molecule has 2 rings (SSSR count). The van der Waals surface area contributed by atoms with Gasteiger partial charge in [0.05, 0.1) is 10.7 Å². The number of aromatic carboxylic acids is 1. The molecule has 1 aromatic heterocycles. The molecule has 0 saturated heterocycles. The number of carboxylic acids is 1. The molecule has 1 fully saturated rings. The van der Waals surface area contributed by atoms with E-state index in [9.17, 15) is 4.79 Å². The van der Waals surface area contributed by atoms with Gasteiger partial charge in [-0.3, -0.25) is 0 Å². The summed E-state index contributed by atoms with van der Waals surface area (Å²) in [6.07, 6.45) is 5.58. The first kappa shape index (κ1) is 12.6. The van der Waals surface area contributed by atoms with Crippen molar-refractivity contribution < 1.29 is 9.90 Å². The van der Waals surface area contributed by atoms with Gasteiger partial charge in [-0.2, -0.15) is 0 Å². The van der Waals surface area contributed by atoms with E-state index < -0.39 is 5.97 Å². The summed E-state index contributed by atoms with van der Waals surface area (Å²) in [6.45, 7) is 4.24. The third kappa shape index (κ3) is 2.68. The van der Waals surface area contributed by atoms with E-state index >= 15 is 0 Å². The molecular formula is C13H19NO2S. The second kappa shape index (κ2) is 5.17. The Morgan fingerprint density at radius 2 is 2.29 bits per heavy atom. The lowest BCUT2D eigenvalue weighted by molar-refractivity contribution is 0.0701. The fourth-order valence-electron chi connectivity index (χ4n) is 2.61. The van der Waals surface area contributed by atoms with Crippen molar-refractivity contribution in [3.8, 4) is 0 Å². The quantitative estimate of drug-likeness (QED) is 0.893. The summed E-state index contributed by atoms with van der Waals surface area (Å²) >= 11 is 1.39. The van der Waals surface area contributed by atoms with Crippen molar-refractivity contribution in [3.63, 3.8) is 0 Å². The summed E-state index contributed by atoms with van der Waals surface area (Å²) in [7, 11) is 0. The predicted molar refractivity (Wildman–Crippen MR) is 68.8 cm³/mol. The molecule has 0 amide bonds. The molecule has 1 aromatic rings. The van der Waals surface area contributed by atoms with E-state index in [0.717, 1.165) is 23.0 Å². The van der Waals surface area contributed by atoms with Crippen LogP contribution in [0.1, 0.15) is 65.8 Å². The van der Waals surface area contributed by atoms with Crippen LogP contribution in [-0.4, -0.2) is 16.1 Å². The Balaban J connectivity index is 2.23. The molecule has 2 atom stereocenters. The highest BCUT2D eigenvalue weighted by molar-refractivity contribution is 7.13. The number of hydrogen-bond donors (Lipinski definition) is 1. The van der Waals surface area contributed by atoms with Gasteiger partial charge < -0.3 is 5.11 Å². The number of carbonyl (C=O) groups is 1. The van der Waals surface area contributed by atoms with Crippen molar-refractivity contribution in [2.45, 2.75) is 51.9 Å². The van der Waals surface area contributed by atoms with E-state index in [0.29, 0.717) is 17.2 Å². The van der Waals surface area contributed by atoms with Crippen LogP contribution in [0, 0.1) is 5.92 Å². The molecule has 0 bridgehead atoms. The van der Waals surface area contributed by atoms with Gasteiger partial charge in [0.2, 0.25) is 0 Å². The summed E-state index contributed by atoms with van der Waals surface area (Å²) in [6, 6.07) is 0. The maximum atomic E-state index is 11.1. The van der Waals surface area contributed by atoms with Gasteiger partial charge in [-0.05, 0) is 25.2 Å². The summed E-state index contributed by atoms with van der Waals surface area (Å²) in [5, 5.41) is 10.2. The second-order valence-electron chi connectivity index (χ2n) is 4.96. The van der Waals surface area contributed by atoms with Crippen molar-refractivity contribution in [3.05, 3.63) is 15.6 Å². The minimum absolute atomic E-state index is 0.445. The largest absolute Gasteiger partial charge is 0.477 e. The molecule has 1 aliphatic carbocycles. The van der Waals surface area contributed by atoms with E-state index in [2.05, 4.69) is 11.9 Å². The Labute approximate surface area is 106 Å². The van der Waals surface area contributed by atoms with Gasteiger partial charge in [0, 0.05) is 5.92 Å². The van der Waals surface area contributed by atoms with Gasteiger partial charge in [-0.25, -0.2) is 9.78 Å². The number of hydrogen-bond acceptors (Lipinski definition) is 3. The Kier molecular flexibility index (Phi) is 3.82. The zero-order valence-electron chi connectivity index (χ0n) is 10.4. The number of nitrogens with zero attached hydrogens (tertiary/aromatic N) is 1. The Hall–Kier alpha value is -0.900. The average Bonchev–Trinajstić information content (AvgIpc) is 2.73. The molecule has 0 aliphatic heterocycles. The van der Waals surface area contributed by atoms with Crippen LogP contribution in [0.15, 0.2) is 0 Å². The summed E-state index contributed by atoms with van der Waals surface area (Å²) in [5.41, 5.74) is 0.760. The minimum Gasteiger partial charge on any atom is -0.477 e. The first-order chi connectivity index (χ1) is 8.11. The van der Waals surface area contributed by atoms with Crippen LogP contribution in [0.2, 0.25) is 0 Å². The van der Waals surface area contributed by atoms with Gasteiger partial charge in [0.1, 0.15) is 4.88 Å². The third-order valence-electron chi connectivity index (χ3n) is 3.53. The van der Waals surface area contributed by atoms with Gasteiger partial charge in [0.15, 0.2) is 0 Å². The molecule has 0 spiro atoms. The monoisotopic (exact) mass is 253 g/mol. The standard InChI is InChI=1S/C13H19NO2S/c1-3-10-11(13(15)16)17-12(14-10)9-6-4-5-8(2)7-9/h8-9H,3-7H2,1-2H3,(H,15,16). The lowest BCUT2D eigenvalue weighted by atomic mass is 9.83. The maximum Gasteiger partial charge on any atom is 0.347 e. The molecule has 0 aromatic carbocycles. The number of carboxylic acid groups (broad SMARTS) is 1. The Morgan fingerprint density at radius 1 is 1.53 bits per heavy atom. The van der Waals surface area contributed by atoms with Crippen LogP contribution >= 0.6 is 11.3 Å². The van der Waals surface area contributed by atoms with E-state index in [1.165, 1.54) is 30.6 Å². The molecule has 1 N–H and O–H groups in total. The van der Waals surface area contributed by atoms with Crippen LogP contribution in [0.3, 0.4) is 0 Å². The molecular weight excluding hydrogens is 234 g/mol. The van der Waals surface area contributed by atoms with Crippen molar-refractivity contribution in [2.75, 3.05) is 0 Å². The average molecular weight is 253 g/mol. The van der Waals surface area contributed by atoms with Gasteiger partial charge >= 0.3 is 5.97 Å². The normalized spacial score (nSPS) is 24.8. The second-order valence-corrected chi connectivity index (χ2v) is 5.99. The lowest BCUT2D eigenvalue weighted by Gasteiger charge is -2.24. The SMILES string of the molecule is CCc1nc(C2CCCC(C)C2)sc1C(=O)O. The van der Waals surface area contributed by atoms with E-state index in [1.807, 2.05) is 6.92 Å². The molecule has 4 heteroatoms. The van der Waals surface area contributed by atoms with Crippen LogP contribution in [0.5, 0.6) is 0 Å². The van der Waals surface area contributed by atoms with Crippen molar-refractivity contribution >= 4 is 17.3 Å². The zero-order valence-corrected chi connectivity index (χ0v) is 11.2. The van der Waals surface area contributed by atoms with Crippen LogP contribution in [0.25, 0.3) is 0 Å². The summed E-state index contributed by atoms with van der Waals surface area (Å²) < 4.78 is 0. The molecule has 1 aliphatic rings. The highest BCUT2D eigenvalue weighted by Crippen LogP contribution is 2.38. The third-order valence-corrected chi connectivity index (χ3v) is 4.78. The van der Waals surface area contributed by atoms with Crippen molar-refractivity contribution in [1.82, 2.24) is 4.98 Å². The molecule has 94 valence electrons. The molecule has 17 heavy (non-hydrogen) atoms. The van der Waals surface area contributed by atoms with Crippen LogP contribution in [-0.2, 0) is 6.42 Å². The van der Waals surface area contributed by atoms with Gasteiger partial charge in [-0.1, -0.05) is 26.7 Å². The summed E-state index contributed by atoms with van der Waals surface area (Å²) in [5.74, 6) is 0.410. The highest BCUT2D eigenvalue weighted by Gasteiger charge is 2.25. The van der Waals surface area contributed by atoms with Crippen LogP contribution in [0.4, 0.5) is 0 Å². The number of thiazole rings is 1. The maximum absolute atomic E-state index is 11.1. The highest BCUT2D eigenvalue weighted by atomic mass is 32.1. The molecule has 2 unspecified atom stereocenters. The number of rotatable bonds is 3. The fraction of sp³-hybridized carbons (Fsp3) is 0.692. The minimum atomic E-state index is -0.825. The van der Waals surface area contributed by atoms with Gasteiger partial charge in [0.25, 0.3) is 0 Å². The molecule has 1 saturated carbocycles. The summed E-state index contributed by atoms with van der Waals surface area (Å²) in [4.78, 5) is 16.1. The van der Waals surface area contributed by atoms with E-state index in [4.69, 9.17) is 5.11 Å². The number of aryl methyl sites for hydroxylation is 1. The first-order valence-corrected chi connectivity index (χ1v) is 7.16. The number of aromatic nitrogens is 1. The molecule has 0 radical (unpaired) electrons. The first-order valence-electron chi connectivity index (χ1n) is 6.34. The van der Waals surface area contributed by atoms with E-state index in [-0.39, 0.29) is 0 Å². The van der Waals surface area contributed by atoms with Crippen molar-refractivity contribution in [2.24, 2.45) is 5.92 Å². The van der Waals surface area contributed by atoms with E-state index in [1.54, 1.807) is 0 Å². The smallest absolute Gasteiger partial charge is 0.347 e. The molecule has 1 heterocycles. The van der Waals surface area contributed by atoms with Gasteiger partial charge in [-0.15, -0.1) is 11.3 Å². The Bertz CT molecular complexity index is 414. The lowest BCUT2D eigenvalue weighted by Crippen LogP contribution is -2.11. The fourth-order valence-corrected chi connectivity index (χ4v) is 3.75.